The molecule has 2 aromatic carbocycles. The van der Waals surface area contributed by atoms with Crippen molar-refractivity contribution in [2.45, 2.75) is 38.5 Å². The molecule has 1 aliphatic heterocycles. The van der Waals surface area contributed by atoms with E-state index < -0.39 is 0 Å². The second kappa shape index (κ2) is 11.5. The van der Waals surface area contributed by atoms with Gasteiger partial charge in [-0.1, -0.05) is 37.1 Å². The van der Waals surface area contributed by atoms with Gasteiger partial charge in [0, 0.05) is 30.4 Å². The lowest BCUT2D eigenvalue weighted by molar-refractivity contribution is 0.0952. The summed E-state index contributed by atoms with van der Waals surface area (Å²) in [6, 6.07) is 16.4. The van der Waals surface area contributed by atoms with E-state index in [0.29, 0.717) is 17.7 Å². The van der Waals surface area contributed by atoms with E-state index in [2.05, 4.69) is 10.2 Å². The number of unbranched alkanes of at least 4 members (excludes halogenated alkanes) is 2. The number of nitrogens with zero attached hydrogens (tertiary/aromatic N) is 2. The third-order valence-electron chi connectivity index (χ3n) is 5.71. The number of likely N-dealkylation sites (tertiary alicyclic amines) is 1. The lowest BCUT2D eigenvalue weighted by Gasteiger charge is -2.26. The number of carbonyl (C=O) groups excluding carboxylic acids is 2. The first-order chi connectivity index (χ1) is 14.6. The largest absolute Gasteiger partial charge is 0.352 e. The van der Waals surface area contributed by atoms with E-state index in [1.165, 1.54) is 45.3 Å². The third kappa shape index (κ3) is 6.42. The first kappa shape index (κ1) is 22.0. The monoisotopic (exact) mass is 407 g/mol. The number of hydrogen-bond acceptors (Lipinski definition) is 3. The van der Waals surface area contributed by atoms with Crippen LogP contribution in [0.3, 0.4) is 0 Å². The molecule has 160 valence electrons. The van der Waals surface area contributed by atoms with Crippen LogP contribution in [0.2, 0.25) is 0 Å². The Hall–Kier alpha value is -2.66. The van der Waals surface area contributed by atoms with Crippen LogP contribution in [0.25, 0.3) is 0 Å². The van der Waals surface area contributed by atoms with E-state index in [1.54, 1.807) is 36.2 Å². The minimum absolute atomic E-state index is 0.122. The molecule has 0 unspecified atom stereocenters. The van der Waals surface area contributed by atoms with Crippen molar-refractivity contribution < 1.29 is 9.59 Å². The van der Waals surface area contributed by atoms with E-state index in [1.807, 2.05) is 30.3 Å². The average Bonchev–Trinajstić information content (AvgIpc) is 2.81. The van der Waals surface area contributed by atoms with Gasteiger partial charge in [0.25, 0.3) is 11.8 Å². The summed E-state index contributed by atoms with van der Waals surface area (Å²) in [7, 11) is 1.74. The summed E-state index contributed by atoms with van der Waals surface area (Å²) in [5.41, 5.74) is 1.85. The Labute approximate surface area is 180 Å². The molecule has 0 aliphatic carbocycles. The third-order valence-corrected chi connectivity index (χ3v) is 5.71. The standard InChI is InChI=1S/C25H33N3O2/c1-27(23-14-5-2-6-15-23)25(30)22-13-11-12-21(20-22)24(29)26-16-7-3-8-17-28-18-9-4-10-19-28/h2,5-6,11-15,20H,3-4,7-10,16-19H2,1H3,(H,26,29). The van der Waals surface area contributed by atoms with Gasteiger partial charge in [0.15, 0.2) is 0 Å². The molecule has 3 rings (SSSR count). The number of carbonyl (C=O) groups is 2. The summed E-state index contributed by atoms with van der Waals surface area (Å²) in [6.07, 6.45) is 7.33. The van der Waals surface area contributed by atoms with Crippen molar-refractivity contribution in [1.82, 2.24) is 10.2 Å². The fourth-order valence-corrected chi connectivity index (χ4v) is 3.88. The number of nitrogens with one attached hydrogen (secondary N) is 1. The maximum absolute atomic E-state index is 12.8. The number of anilines is 1. The Morgan fingerprint density at radius 3 is 2.40 bits per heavy atom. The number of para-hydroxylation sites is 1. The summed E-state index contributed by atoms with van der Waals surface area (Å²) in [5.74, 6) is -0.253. The van der Waals surface area contributed by atoms with Crippen molar-refractivity contribution in [2.24, 2.45) is 0 Å². The van der Waals surface area contributed by atoms with Crippen LogP contribution in [0.15, 0.2) is 54.6 Å². The molecule has 5 nitrogen and oxygen atoms in total. The van der Waals surface area contributed by atoms with Crippen molar-refractivity contribution in [3.05, 3.63) is 65.7 Å². The molecular weight excluding hydrogens is 374 g/mol. The van der Waals surface area contributed by atoms with Crippen molar-refractivity contribution >= 4 is 17.5 Å². The molecule has 1 aliphatic rings. The van der Waals surface area contributed by atoms with Crippen LogP contribution >= 0.6 is 0 Å². The van der Waals surface area contributed by atoms with Crippen molar-refractivity contribution in [1.29, 1.82) is 0 Å². The zero-order valence-electron chi connectivity index (χ0n) is 18.0. The van der Waals surface area contributed by atoms with E-state index in [0.717, 1.165) is 18.5 Å². The summed E-state index contributed by atoms with van der Waals surface area (Å²) in [4.78, 5) is 29.4. The van der Waals surface area contributed by atoms with Crippen LogP contribution in [0.4, 0.5) is 5.69 Å². The van der Waals surface area contributed by atoms with E-state index in [9.17, 15) is 9.59 Å². The minimum Gasteiger partial charge on any atom is -0.352 e. The maximum atomic E-state index is 12.8. The lowest BCUT2D eigenvalue weighted by Crippen LogP contribution is -2.30. The molecule has 0 radical (unpaired) electrons. The van der Waals surface area contributed by atoms with Gasteiger partial charge < -0.3 is 15.1 Å². The fourth-order valence-electron chi connectivity index (χ4n) is 3.88. The number of rotatable bonds is 9. The van der Waals surface area contributed by atoms with Crippen LogP contribution in [-0.2, 0) is 0 Å². The van der Waals surface area contributed by atoms with Gasteiger partial charge in [-0.15, -0.1) is 0 Å². The predicted octanol–water partition coefficient (Wildman–Crippen LogP) is 4.35. The molecule has 1 saturated heterocycles. The van der Waals surface area contributed by atoms with Gasteiger partial charge in [-0.05, 0) is 75.6 Å². The van der Waals surface area contributed by atoms with Gasteiger partial charge in [-0.2, -0.15) is 0 Å². The quantitative estimate of drug-likeness (QED) is 0.629. The number of amides is 2. The Bertz CT molecular complexity index is 816. The van der Waals surface area contributed by atoms with Crippen LogP contribution in [0, 0.1) is 0 Å². The summed E-state index contributed by atoms with van der Waals surface area (Å²) < 4.78 is 0. The van der Waals surface area contributed by atoms with Gasteiger partial charge in [0.05, 0.1) is 0 Å². The summed E-state index contributed by atoms with van der Waals surface area (Å²) in [6.45, 7) is 4.32. The summed E-state index contributed by atoms with van der Waals surface area (Å²) in [5, 5.41) is 2.99. The zero-order chi connectivity index (χ0) is 21.2. The Kier molecular flexibility index (Phi) is 8.45. The second-order valence-corrected chi connectivity index (χ2v) is 8.00. The maximum Gasteiger partial charge on any atom is 0.258 e. The number of hydrogen-bond donors (Lipinski definition) is 1. The molecule has 0 saturated carbocycles. The molecule has 1 heterocycles. The van der Waals surface area contributed by atoms with E-state index >= 15 is 0 Å². The van der Waals surface area contributed by atoms with Crippen molar-refractivity contribution in [3.63, 3.8) is 0 Å². The van der Waals surface area contributed by atoms with Crippen LogP contribution in [0.5, 0.6) is 0 Å². The molecule has 0 atom stereocenters. The van der Waals surface area contributed by atoms with Crippen molar-refractivity contribution in [3.8, 4) is 0 Å². The van der Waals surface area contributed by atoms with E-state index in [4.69, 9.17) is 0 Å². The summed E-state index contributed by atoms with van der Waals surface area (Å²) >= 11 is 0. The molecule has 0 bridgehead atoms. The van der Waals surface area contributed by atoms with Crippen LogP contribution < -0.4 is 10.2 Å². The van der Waals surface area contributed by atoms with Crippen molar-refractivity contribution in [2.75, 3.05) is 38.1 Å². The molecule has 0 aromatic heterocycles. The molecule has 2 amide bonds. The molecular formula is C25H33N3O2. The average molecular weight is 408 g/mol. The smallest absolute Gasteiger partial charge is 0.258 e. The molecule has 1 fully saturated rings. The number of piperidine rings is 1. The molecule has 2 aromatic rings. The van der Waals surface area contributed by atoms with Crippen LogP contribution in [0.1, 0.15) is 59.2 Å². The highest BCUT2D eigenvalue weighted by molar-refractivity contribution is 6.07. The fraction of sp³-hybridized carbons (Fsp3) is 0.440. The predicted molar refractivity (Wildman–Crippen MR) is 122 cm³/mol. The SMILES string of the molecule is CN(C(=O)c1cccc(C(=O)NCCCCCN2CCCCC2)c1)c1ccccc1. The minimum atomic E-state index is -0.131. The number of benzene rings is 2. The lowest BCUT2D eigenvalue weighted by atomic mass is 10.1. The Morgan fingerprint density at radius 1 is 0.900 bits per heavy atom. The first-order valence-corrected chi connectivity index (χ1v) is 11.1. The van der Waals surface area contributed by atoms with E-state index in [-0.39, 0.29) is 11.8 Å². The highest BCUT2D eigenvalue weighted by Crippen LogP contribution is 2.16. The highest BCUT2D eigenvalue weighted by atomic mass is 16.2. The molecule has 30 heavy (non-hydrogen) atoms. The van der Waals surface area contributed by atoms with Gasteiger partial charge in [-0.3, -0.25) is 9.59 Å². The first-order valence-electron chi connectivity index (χ1n) is 11.1. The zero-order valence-corrected chi connectivity index (χ0v) is 18.0. The topological polar surface area (TPSA) is 52.7 Å². The van der Waals surface area contributed by atoms with Gasteiger partial charge in [-0.25, -0.2) is 0 Å². The Balaban J connectivity index is 1.43. The normalized spacial score (nSPS) is 14.3. The highest BCUT2D eigenvalue weighted by Gasteiger charge is 2.15. The van der Waals surface area contributed by atoms with Gasteiger partial charge in [0.1, 0.15) is 0 Å². The molecule has 1 N–H and O–H groups in total. The van der Waals surface area contributed by atoms with Gasteiger partial charge in [0.2, 0.25) is 0 Å². The van der Waals surface area contributed by atoms with Gasteiger partial charge >= 0.3 is 0 Å². The Morgan fingerprint density at radius 2 is 1.63 bits per heavy atom. The van der Waals surface area contributed by atoms with Crippen LogP contribution in [-0.4, -0.2) is 49.9 Å². The molecule has 0 spiro atoms. The second-order valence-electron chi connectivity index (χ2n) is 8.00. The molecule has 5 heteroatoms.